The SMILES string of the molecule is CN(CCC1CCNC1)C(=O)c1ccco1. The fourth-order valence-corrected chi connectivity index (χ4v) is 2.03. The van der Waals surface area contributed by atoms with Crippen LogP contribution in [0.3, 0.4) is 0 Å². The summed E-state index contributed by atoms with van der Waals surface area (Å²) in [5.41, 5.74) is 0. The lowest BCUT2D eigenvalue weighted by Crippen LogP contribution is -2.29. The molecule has 2 heterocycles. The Labute approximate surface area is 95.6 Å². The van der Waals surface area contributed by atoms with E-state index in [-0.39, 0.29) is 5.91 Å². The van der Waals surface area contributed by atoms with Gasteiger partial charge in [-0.3, -0.25) is 4.79 Å². The van der Waals surface area contributed by atoms with Crippen molar-refractivity contribution in [2.75, 3.05) is 26.7 Å². The van der Waals surface area contributed by atoms with E-state index in [0.29, 0.717) is 11.7 Å². The van der Waals surface area contributed by atoms with E-state index in [2.05, 4.69) is 5.32 Å². The lowest BCUT2D eigenvalue weighted by Gasteiger charge is -2.17. The molecule has 1 unspecified atom stereocenters. The molecule has 16 heavy (non-hydrogen) atoms. The molecule has 4 nitrogen and oxygen atoms in total. The largest absolute Gasteiger partial charge is 0.459 e. The van der Waals surface area contributed by atoms with Gasteiger partial charge in [0.05, 0.1) is 6.26 Å². The van der Waals surface area contributed by atoms with Gasteiger partial charge in [0.1, 0.15) is 0 Å². The standard InChI is InChI=1S/C12H18N2O2/c1-14(7-5-10-4-6-13-9-10)12(15)11-3-2-8-16-11/h2-3,8,10,13H,4-7,9H2,1H3. The lowest BCUT2D eigenvalue weighted by molar-refractivity contribution is 0.0756. The summed E-state index contributed by atoms with van der Waals surface area (Å²) in [6, 6.07) is 3.44. The molecule has 0 radical (unpaired) electrons. The molecular weight excluding hydrogens is 204 g/mol. The zero-order valence-electron chi connectivity index (χ0n) is 9.61. The van der Waals surface area contributed by atoms with Crippen LogP contribution in [-0.4, -0.2) is 37.5 Å². The highest BCUT2D eigenvalue weighted by Gasteiger charge is 2.18. The molecule has 1 aromatic rings. The first-order valence-electron chi connectivity index (χ1n) is 5.77. The summed E-state index contributed by atoms with van der Waals surface area (Å²) in [6.45, 7) is 3.00. The normalized spacial score (nSPS) is 19.9. The molecule has 1 amide bonds. The van der Waals surface area contributed by atoms with Crippen LogP contribution in [0.25, 0.3) is 0 Å². The summed E-state index contributed by atoms with van der Waals surface area (Å²) >= 11 is 0. The van der Waals surface area contributed by atoms with E-state index in [1.807, 2.05) is 7.05 Å². The van der Waals surface area contributed by atoms with E-state index in [4.69, 9.17) is 4.42 Å². The number of nitrogens with one attached hydrogen (secondary N) is 1. The number of carbonyl (C=O) groups is 1. The van der Waals surface area contributed by atoms with Crippen LogP contribution in [0.1, 0.15) is 23.4 Å². The molecule has 0 aromatic carbocycles. The first kappa shape index (κ1) is 11.2. The van der Waals surface area contributed by atoms with Crippen molar-refractivity contribution in [2.24, 2.45) is 5.92 Å². The van der Waals surface area contributed by atoms with E-state index in [1.54, 1.807) is 17.0 Å². The van der Waals surface area contributed by atoms with Crippen LogP contribution in [0, 0.1) is 5.92 Å². The van der Waals surface area contributed by atoms with Gasteiger partial charge in [0.2, 0.25) is 0 Å². The predicted octanol–water partition coefficient (Wildman–Crippen LogP) is 1.35. The minimum atomic E-state index is -0.0315. The molecule has 0 saturated carbocycles. The van der Waals surface area contributed by atoms with Crippen molar-refractivity contribution in [3.63, 3.8) is 0 Å². The first-order chi connectivity index (χ1) is 7.77. The van der Waals surface area contributed by atoms with Crippen LogP contribution in [0.4, 0.5) is 0 Å². The van der Waals surface area contributed by atoms with Crippen LogP contribution < -0.4 is 5.32 Å². The lowest BCUT2D eigenvalue weighted by atomic mass is 10.1. The van der Waals surface area contributed by atoms with Crippen molar-refractivity contribution in [3.8, 4) is 0 Å². The Bertz CT molecular complexity index is 329. The van der Waals surface area contributed by atoms with Gasteiger partial charge >= 0.3 is 0 Å². The van der Waals surface area contributed by atoms with Crippen molar-refractivity contribution in [3.05, 3.63) is 24.2 Å². The smallest absolute Gasteiger partial charge is 0.289 e. The van der Waals surface area contributed by atoms with Gasteiger partial charge in [-0.05, 0) is 44.0 Å². The van der Waals surface area contributed by atoms with E-state index in [1.165, 1.54) is 12.7 Å². The summed E-state index contributed by atoms with van der Waals surface area (Å²) < 4.78 is 5.08. The maximum absolute atomic E-state index is 11.8. The zero-order chi connectivity index (χ0) is 11.4. The molecule has 88 valence electrons. The van der Waals surface area contributed by atoms with Crippen molar-refractivity contribution < 1.29 is 9.21 Å². The van der Waals surface area contributed by atoms with Crippen molar-refractivity contribution in [1.29, 1.82) is 0 Å². The first-order valence-corrected chi connectivity index (χ1v) is 5.77. The number of nitrogens with zero attached hydrogens (tertiary/aromatic N) is 1. The van der Waals surface area contributed by atoms with Crippen LogP contribution in [0.5, 0.6) is 0 Å². The fourth-order valence-electron chi connectivity index (χ4n) is 2.03. The molecule has 1 N–H and O–H groups in total. The molecule has 1 saturated heterocycles. The minimum Gasteiger partial charge on any atom is -0.459 e. The van der Waals surface area contributed by atoms with Gasteiger partial charge in [0, 0.05) is 13.6 Å². The van der Waals surface area contributed by atoms with Gasteiger partial charge < -0.3 is 14.6 Å². The van der Waals surface area contributed by atoms with Crippen LogP contribution in [-0.2, 0) is 0 Å². The quantitative estimate of drug-likeness (QED) is 0.836. The molecule has 1 aliphatic rings. The average Bonchev–Trinajstić information content (AvgIpc) is 2.96. The zero-order valence-corrected chi connectivity index (χ0v) is 9.61. The fraction of sp³-hybridized carbons (Fsp3) is 0.583. The number of carbonyl (C=O) groups excluding carboxylic acids is 1. The Hall–Kier alpha value is -1.29. The summed E-state index contributed by atoms with van der Waals surface area (Å²) in [4.78, 5) is 13.6. The van der Waals surface area contributed by atoms with Crippen LogP contribution >= 0.6 is 0 Å². The van der Waals surface area contributed by atoms with Gasteiger partial charge in [0.15, 0.2) is 5.76 Å². The number of rotatable bonds is 4. The highest BCUT2D eigenvalue weighted by molar-refractivity contribution is 5.91. The van der Waals surface area contributed by atoms with Crippen molar-refractivity contribution >= 4 is 5.91 Å². The molecule has 1 aliphatic heterocycles. The second kappa shape index (κ2) is 5.16. The highest BCUT2D eigenvalue weighted by Crippen LogP contribution is 2.13. The van der Waals surface area contributed by atoms with Gasteiger partial charge in [0.25, 0.3) is 5.91 Å². The predicted molar refractivity (Wildman–Crippen MR) is 61.3 cm³/mol. The van der Waals surface area contributed by atoms with E-state index in [9.17, 15) is 4.79 Å². The molecule has 2 rings (SSSR count). The third-order valence-corrected chi connectivity index (χ3v) is 3.11. The average molecular weight is 222 g/mol. The summed E-state index contributed by atoms with van der Waals surface area (Å²) in [7, 11) is 1.83. The van der Waals surface area contributed by atoms with Gasteiger partial charge in [-0.1, -0.05) is 0 Å². The molecule has 0 aliphatic carbocycles. The monoisotopic (exact) mass is 222 g/mol. The molecule has 1 aromatic heterocycles. The Balaban J connectivity index is 1.78. The van der Waals surface area contributed by atoms with Gasteiger partial charge in [-0.25, -0.2) is 0 Å². The molecule has 0 spiro atoms. The Morgan fingerprint density at radius 2 is 2.56 bits per heavy atom. The molecule has 4 heteroatoms. The van der Waals surface area contributed by atoms with Crippen LogP contribution in [0.15, 0.2) is 22.8 Å². The summed E-state index contributed by atoms with van der Waals surface area (Å²) in [5.74, 6) is 1.11. The number of furan rings is 1. The third kappa shape index (κ3) is 2.64. The third-order valence-electron chi connectivity index (χ3n) is 3.11. The minimum absolute atomic E-state index is 0.0315. The van der Waals surface area contributed by atoms with E-state index >= 15 is 0 Å². The Morgan fingerprint density at radius 3 is 3.19 bits per heavy atom. The molecule has 1 fully saturated rings. The van der Waals surface area contributed by atoms with E-state index in [0.717, 1.165) is 26.1 Å². The van der Waals surface area contributed by atoms with Crippen molar-refractivity contribution in [1.82, 2.24) is 10.2 Å². The Kier molecular flexibility index (Phi) is 3.62. The number of hydrogen-bond acceptors (Lipinski definition) is 3. The maximum atomic E-state index is 11.8. The second-order valence-corrected chi connectivity index (χ2v) is 4.35. The molecular formula is C12H18N2O2. The van der Waals surface area contributed by atoms with Gasteiger partial charge in [-0.15, -0.1) is 0 Å². The van der Waals surface area contributed by atoms with Crippen LogP contribution in [0.2, 0.25) is 0 Å². The maximum Gasteiger partial charge on any atom is 0.289 e. The Morgan fingerprint density at radius 1 is 1.69 bits per heavy atom. The second-order valence-electron chi connectivity index (χ2n) is 4.35. The highest BCUT2D eigenvalue weighted by atomic mass is 16.3. The summed E-state index contributed by atoms with van der Waals surface area (Å²) in [6.07, 6.45) is 3.82. The van der Waals surface area contributed by atoms with E-state index < -0.39 is 0 Å². The van der Waals surface area contributed by atoms with Gasteiger partial charge in [-0.2, -0.15) is 0 Å². The van der Waals surface area contributed by atoms with Crippen molar-refractivity contribution in [2.45, 2.75) is 12.8 Å². The molecule has 0 bridgehead atoms. The molecule has 1 atom stereocenters. The number of hydrogen-bond donors (Lipinski definition) is 1. The number of amides is 1. The summed E-state index contributed by atoms with van der Waals surface area (Å²) in [5, 5.41) is 3.33. The topological polar surface area (TPSA) is 45.5 Å².